The minimum absolute atomic E-state index is 0.0387. The van der Waals surface area contributed by atoms with Gasteiger partial charge < -0.3 is 4.74 Å². The van der Waals surface area contributed by atoms with E-state index in [9.17, 15) is 9.59 Å². The number of amidine groups is 1. The molecule has 2 heterocycles. The molecule has 0 radical (unpaired) electrons. The number of imide groups is 1. The Kier molecular flexibility index (Phi) is 6.37. The summed E-state index contributed by atoms with van der Waals surface area (Å²) in [5.74, 6) is 0.0474. The summed E-state index contributed by atoms with van der Waals surface area (Å²) in [5, 5.41) is 14.8. The van der Waals surface area contributed by atoms with Gasteiger partial charge in [-0.15, -0.1) is 0 Å². The second-order valence-electron chi connectivity index (χ2n) is 8.27. The molecule has 0 bridgehead atoms. The molecule has 1 saturated heterocycles. The Hall–Kier alpha value is -3.91. The van der Waals surface area contributed by atoms with E-state index in [1.54, 1.807) is 36.4 Å². The van der Waals surface area contributed by atoms with Gasteiger partial charge in [0.05, 0.1) is 24.6 Å². The number of hydrogen-bond acceptors (Lipinski definition) is 6. The molecule has 35 heavy (non-hydrogen) atoms. The van der Waals surface area contributed by atoms with Crippen molar-refractivity contribution in [2.75, 3.05) is 12.0 Å². The molecule has 0 aliphatic carbocycles. The molecule has 176 valence electrons. The van der Waals surface area contributed by atoms with Gasteiger partial charge in [-0.1, -0.05) is 72.4 Å². The third-order valence-electron chi connectivity index (χ3n) is 6.10. The molecular weight excluding hydrogens is 460 g/mol. The van der Waals surface area contributed by atoms with Crippen molar-refractivity contribution in [3.63, 3.8) is 0 Å². The number of nitrogens with one attached hydrogen (secondary N) is 1. The summed E-state index contributed by atoms with van der Waals surface area (Å²) in [6.07, 6.45) is 0.684. The number of anilines is 1. The number of hydrogen-bond donors (Lipinski definition) is 1. The molecule has 3 aromatic carbocycles. The maximum absolute atomic E-state index is 13.2. The lowest BCUT2D eigenvalue weighted by atomic mass is 9.99. The molecule has 3 aromatic rings. The standard InChI is InChI=1S/C27H24N4O3S/c1-34-21-14-12-20(13-15-21)30-25(32)17-24(26(30)33)35-27(28)31-23(19-10-6-3-7-11-19)16-22(29-31)18-8-4-2-5-9-18/h2-15,23-24,28H,16-17H2,1H3/t23-,24-/m1/s1. The maximum atomic E-state index is 13.2. The number of nitrogens with zero attached hydrogens (tertiary/aromatic N) is 3. The van der Waals surface area contributed by atoms with Gasteiger partial charge in [-0.25, -0.2) is 9.91 Å². The lowest BCUT2D eigenvalue weighted by Crippen LogP contribution is -2.32. The monoisotopic (exact) mass is 484 g/mol. The molecule has 8 heteroatoms. The Labute approximate surface area is 207 Å². The van der Waals surface area contributed by atoms with Crippen LogP contribution in [0.2, 0.25) is 0 Å². The second kappa shape index (κ2) is 9.76. The van der Waals surface area contributed by atoms with E-state index in [0.717, 1.165) is 28.6 Å². The molecule has 7 nitrogen and oxygen atoms in total. The lowest BCUT2D eigenvalue weighted by molar-refractivity contribution is -0.121. The first kappa shape index (κ1) is 22.9. The number of methoxy groups -OCH3 is 1. The summed E-state index contributed by atoms with van der Waals surface area (Å²) in [4.78, 5) is 27.1. The van der Waals surface area contributed by atoms with E-state index in [2.05, 4.69) is 0 Å². The topological polar surface area (TPSA) is 86.1 Å². The van der Waals surface area contributed by atoms with Crippen LogP contribution < -0.4 is 9.64 Å². The van der Waals surface area contributed by atoms with Crippen LogP contribution in [-0.2, 0) is 9.59 Å². The summed E-state index contributed by atoms with van der Waals surface area (Å²) in [7, 11) is 1.56. The number of rotatable bonds is 5. The lowest BCUT2D eigenvalue weighted by Gasteiger charge is -2.24. The molecule has 2 amide bonds. The summed E-state index contributed by atoms with van der Waals surface area (Å²) in [6, 6.07) is 26.5. The van der Waals surface area contributed by atoms with Gasteiger partial charge in [-0.2, -0.15) is 5.10 Å². The van der Waals surface area contributed by atoms with Gasteiger partial charge >= 0.3 is 0 Å². The molecule has 0 saturated carbocycles. The van der Waals surface area contributed by atoms with Crippen molar-refractivity contribution in [2.24, 2.45) is 5.10 Å². The van der Waals surface area contributed by atoms with Gasteiger partial charge in [0.1, 0.15) is 11.0 Å². The van der Waals surface area contributed by atoms with Crippen LogP contribution >= 0.6 is 11.8 Å². The van der Waals surface area contributed by atoms with E-state index in [4.69, 9.17) is 15.2 Å². The number of amides is 2. The van der Waals surface area contributed by atoms with E-state index in [1.165, 1.54) is 4.90 Å². The van der Waals surface area contributed by atoms with Crippen molar-refractivity contribution in [1.29, 1.82) is 5.41 Å². The summed E-state index contributed by atoms with van der Waals surface area (Å²) in [5.41, 5.74) is 3.44. The van der Waals surface area contributed by atoms with Crippen molar-refractivity contribution in [1.82, 2.24) is 5.01 Å². The van der Waals surface area contributed by atoms with Crippen molar-refractivity contribution < 1.29 is 14.3 Å². The molecule has 2 aliphatic rings. The smallest absolute Gasteiger partial charge is 0.247 e. The molecule has 5 rings (SSSR count). The first-order valence-electron chi connectivity index (χ1n) is 11.3. The third-order valence-corrected chi connectivity index (χ3v) is 7.16. The predicted octanol–water partition coefficient (Wildman–Crippen LogP) is 4.85. The highest BCUT2D eigenvalue weighted by Crippen LogP contribution is 2.37. The number of thioether (sulfide) groups is 1. The van der Waals surface area contributed by atoms with Crippen LogP contribution in [0.1, 0.15) is 30.0 Å². The molecule has 1 fully saturated rings. The highest BCUT2D eigenvalue weighted by atomic mass is 32.2. The van der Waals surface area contributed by atoms with Crippen LogP contribution in [0.25, 0.3) is 0 Å². The van der Waals surface area contributed by atoms with Gasteiger partial charge in [0.15, 0.2) is 5.17 Å². The van der Waals surface area contributed by atoms with E-state index < -0.39 is 5.25 Å². The van der Waals surface area contributed by atoms with Crippen LogP contribution in [0.15, 0.2) is 90.0 Å². The van der Waals surface area contributed by atoms with E-state index in [-0.39, 0.29) is 29.4 Å². The van der Waals surface area contributed by atoms with Gasteiger partial charge in [0.2, 0.25) is 11.8 Å². The van der Waals surface area contributed by atoms with Gasteiger partial charge in [-0.3, -0.25) is 15.0 Å². The number of benzene rings is 3. The average molecular weight is 485 g/mol. The minimum Gasteiger partial charge on any atom is -0.497 e. The Morgan fingerprint density at radius 3 is 2.26 bits per heavy atom. The zero-order chi connectivity index (χ0) is 24.4. The van der Waals surface area contributed by atoms with Crippen LogP contribution in [-0.4, -0.2) is 40.1 Å². The molecule has 0 unspecified atom stereocenters. The number of carbonyl (C=O) groups is 2. The first-order valence-corrected chi connectivity index (χ1v) is 12.2. The molecular formula is C27H24N4O3S. The fourth-order valence-electron chi connectivity index (χ4n) is 4.32. The van der Waals surface area contributed by atoms with Gasteiger partial charge in [-0.05, 0) is 35.4 Å². The van der Waals surface area contributed by atoms with Crippen molar-refractivity contribution in [2.45, 2.75) is 24.1 Å². The minimum atomic E-state index is -0.676. The molecule has 2 aliphatic heterocycles. The number of ether oxygens (including phenoxy) is 1. The normalized spacial score (nSPS) is 19.7. The maximum Gasteiger partial charge on any atom is 0.247 e. The van der Waals surface area contributed by atoms with Crippen LogP contribution in [0.3, 0.4) is 0 Å². The van der Waals surface area contributed by atoms with Crippen molar-refractivity contribution >= 4 is 40.1 Å². The molecule has 0 spiro atoms. The number of carbonyl (C=O) groups excluding carboxylic acids is 2. The summed E-state index contributed by atoms with van der Waals surface area (Å²) < 4.78 is 5.16. The van der Waals surface area contributed by atoms with Crippen LogP contribution in [0.4, 0.5) is 5.69 Å². The number of hydrazone groups is 1. The first-order chi connectivity index (χ1) is 17.0. The molecule has 2 atom stereocenters. The highest BCUT2D eigenvalue weighted by molar-refractivity contribution is 8.14. The SMILES string of the molecule is COc1ccc(N2C(=O)C[C@@H](SC(=N)N3N=C(c4ccccc4)C[C@@H]3c3ccccc3)C2=O)cc1. The Balaban J connectivity index is 1.37. The van der Waals surface area contributed by atoms with Crippen molar-refractivity contribution in [3.05, 3.63) is 96.1 Å². The highest BCUT2D eigenvalue weighted by Gasteiger charge is 2.42. The second-order valence-corrected chi connectivity index (χ2v) is 9.46. The Morgan fingerprint density at radius 1 is 0.943 bits per heavy atom. The van der Waals surface area contributed by atoms with Crippen LogP contribution in [0, 0.1) is 5.41 Å². The quantitative estimate of drug-likeness (QED) is 0.318. The Morgan fingerprint density at radius 2 is 1.60 bits per heavy atom. The molecule has 1 N–H and O–H groups in total. The summed E-state index contributed by atoms with van der Waals surface area (Å²) in [6.45, 7) is 0. The average Bonchev–Trinajstić information content (AvgIpc) is 3.46. The van der Waals surface area contributed by atoms with Gasteiger partial charge in [0.25, 0.3) is 0 Å². The molecule has 0 aromatic heterocycles. The predicted molar refractivity (Wildman–Crippen MR) is 138 cm³/mol. The zero-order valence-corrected chi connectivity index (χ0v) is 19.9. The largest absolute Gasteiger partial charge is 0.497 e. The summed E-state index contributed by atoms with van der Waals surface area (Å²) >= 11 is 1.08. The van der Waals surface area contributed by atoms with E-state index in [0.29, 0.717) is 17.9 Å². The fourth-order valence-corrected chi connectivity index (χ4v) is 5.30. The van der Waals surface area contributed by atoms with Crippen molar-refractivity contribution in [3.8, 4) is 5.75 Å². The van der Waals surface area contributed by atoms with Gasteiger partial charge in [0, 0.05) is 12.8 Å². The fraction of sp³-hybridized carbons (Fsp3) is 0.185. The zero-order valence-electron chi connectivity index (χ0n) is 19.1. The third kappa shape index (κ3) is 4.57. The van der Waals surface area contributed by atoms with E-state index >= 15 is 0 Å². The van der Waals surface area contributed by atoms with E-state index in [1.807, 2.05) is 60.7 Å². The Bertz CT molecular complexity index is 1280. The van der Waals surface area contributed by atoms with Crippen LogP contribution in [0.5, 0.6) is 5.75 Å².